The van der Waals surface area contributed by atoms with Gasteiger partial charge in [-0.15, -0.1) is 0 Å². The molecule has 4 rings (SSSR count). The predicted molar refractivity (Wildman–Crippen MR) is 89.4 cm³/mol. The molecule has 1 aromatic rings. The molecule has 1 aromatic carbocycles. The molecule has 0 radical (unpaired) electrons. The number of imide groups is 1. The quantitative estimate of drug-likeness (QED) is 0.309. The van der Waals surface area contributed by atoms with Crippen molar-refractivity contribution in [1.29, 1.82) is 0 Å². The van der Waals surface area contributed by atoms with Gasteiger partial charge < -0.3 is 9.29 Å². The SMILES string of the molecule is COC(=O)C1N2C(=O)C(N3C(=O)c4ccccc4C3=O)[C@@H]2[S+]([O-])C1(C)C. The Balaban J connectivity index is 1.72. The van der Waals surface area contributed by atoms with Gasteiger partial charge in [-0.3, -0.25) is 24.2 Å². The molecule has 2 fully saturated rings. The van der Waals surface area contributed by atoms with Crippen molar-refractivity contribution in [3.63, 3.8) is 0 Å². The van der Waals surface area contributed by atoms with Crippen LogP contribution in [0.25, 0.3) is 0 Å². The van der Waals surface area contributed by atoms with Gasteiger partial charge in [0.2, 0.25) is 5.37 Å². The Labute approximate surface area is 152 Å². The van der Waals surface area contributed by atoms with E-state index in [9.17, 15) is 23.7 Å². The van der Waals surface area contributed by atoms with Crippen LogP contribution in [0.3, 0.4) is 0 Å². The number of amides is 3. The topological polar surface area (TPSA) is 107 Å². The Kier molecular flexibility index (Phi) is 3.48. The molecular formula is C17H16N2O6S. The van der Waals surface area contributed by atoms with Gasteiger partial charge in [0.25, 0.3) is 17.7 Å². The normalized spacial score (nSPS) is 31.6. The van der Waals surface area contributed by atoms with Crippen molar-refractivity contribution in [2.45, 2.75) is 36.1 Å². The molecule has 2 saturated heterocycles. The second-order valence-corrected chi connectivity index (χ2v) is 9.06. The number of carbonyl (C=O) groups excluding carboxylic acids is 4. The van der Waals surface area contributed by atoms with Gasteiger partial charge in [-0.1, -0.05) is 12.1 Å². The first-order valence-electron chi connectivity index (χ1n) is 8.01. The fourth-order valence-electron chi connectivity index (χ4n) is 3.93. The van der Waals surface area contributed by atoms with E-state index in [4.69, 9.17) is 4.74 Å². The Hall–Kier alpha value is -2.39. The third kappa shape index (κ3) is 1.84. The fourth-order valence-corrected chi connectivity index (χ4v) is 5.88. The van der Waals surface area contributed by atoms with Crippen molar-refractivity contribution in [3.8, 4) is 0 Å². The van der Waals surface area contributed by atoms with E-state index in [1.165, 1.54) is 24.1 Å². The number of carbonyl (C=O) groups is 4. The average Bonchev–Trinajstić information content (AvgIpc) is 2.97. The Morgan fingerprint density at radius 3 is 2.19 bits per heavy atom. The van der Waals surface area contributed by atoms with E-state index >= 15 is 0 Å². The largest absolute Gasteiger partial charge is 0.614 e. The lowest BCUT2D eigenvalue weighted by Gasteiger charge is -2.44. The summed E-state index contributed by atoms with van der Waals surface area (Å²) in [5.41, 5.74) is 0.438. The van der Waals surface area contributed by atoms with Crippen molar-refractivity contribution >= 4 is 34.9 Å². The number of rotatable bonds is 2. The van der Waals surface area contributed by atoms with Gasteiger partial charge in [-0.25, -0.2) is 4.79 Å². The van der Waals surface area contributed by atoms with E-state index in [2.05, 4.69) is 0 Å². The van der Waals surface area contributed by atoms with Crippen molar-refractivity contribution in [2.24, 2.45) is 0 Å². The Morgan fingerprint density at radius 2 is 1.69 bits per heavy atom. The summed E-state index contributed by atoms with van der Waals surface area (Å²) < 4.78 is 16.7. The van der Waals surface area contributed by atoms with Crippen molar-refractivity contribution in [3.05, 3.63) is 35.4 Å². The number of esters is 1. The number of methoxy groups -OCH3 is 1. The lowest BCUT2D eigenvalue weighted by atomic mass is 9.95. The monoisotopic (exact) mass is 376 g/mol. The lowest BCUT2D eigenvalue weighted by molar-refractivity contribution is -0.164. The van der Waals surface area contributed by atoms with E-state index in [1.54, 1.807) is 26.0 Å². The van der Waals surface area contributed by atoms with Crippen LogP contribution in [-0.4, -0.2) is 67.4 Å². The zero-order valence-electron chi connectivity index (χ0n) is 14.3. The van der Waals surface area contributed by atoms with Gasteiger partial charge >= 0.3 is 5.97 Å². The molecule has 3 unspecified atom stereocenters. The molecule has 9 heteroatoms. The molecule has 26 heavy (non-hydrogen) atoms. The first-order chi connectivity index (χ1) is 12.2. The summed E-state index contributed by atoms with van der Waals surface area (Å²) in [5, 5.41) is -0.913. The van der Waals surface area contributed by atoms with E-state index in [0.29, 0.717) is 0 Å². The molecule has 0 spiro atoms. The first kappa shape index (κ1) is 17.0. The number of ether oxygens (including phenoxy) is 1. The van der Waals surface area contributed by atoms with Crippen LogP contribution in [0.2, 0.25) is 0 Å². The summed E-state index contributed by atoms with van der Waals surface area (Å²) in [6.45, 7) is 3.21. The van der Waals surface area contributed by atoms with Gasteiger partial charge in [0.1, 0.15) is 0 Å². The van der Waals surface area contributed by atoms with Gasteiger partial charge in [0.05, 0.1) is 18.2 Å². The smallest absolute Gasteiger partial charge is 0.334 e. The van der Waals surface area contributed by atoms with Gasteiger partial charge in [-0.2, -0.15) is 0 Å². The summed E-state index contributed by atoms with van der Waals surface area (Å²) in [7, 11) is 1.20. The molecule has 3 amide bonds. The van der Waals surface area contributed by atoms with E-state index in [1.807, 2.05) is 0 Å². The lowest BCUT2D eigenvalue weighted by Crippen LogP contribution is -2.72. The highest BCUT2D eigenvalue weighted by Gasteiger charge is 2.75. The number of β-lactam (4-membered cyclic amide) rings is 1. The second kappa shape index (κ2) is 5.31. The standard InChI is InChI=1S/C17H16N2O6S/c1-17(2)11(16(23)25-3)19-14(22)10(15(19)26(17)24)18-12(20)8-6-4-5-7-9(8)13(18)21/h4-7,10-11,15H,1-3H3/t10?,11?,15-,26?/m0/s1. The van der Waals surface area contributed by atoms with Gasteiger partial charge in [0, 0.05) is 0 Å². The molecule has 0 N–H and O–H groups in total. The highest BCUT2D eigenvalue weighted by atomic mass is 32.2. The van der Waals surface area contributed by atoms with E-state index < -0.39 is 57.1 Å². The van der Waals surface area contributed by atoms with E-state index in [-0.39, 0.29) is 11.1 Å². The number of hydrogen-bond donors (Lipinski definition) is 0. The number of nitrogens with zero attached hydrogens (tertiary/aromatic N) is 2. The molecule has 0 aromatic heterocycles. The van der Waals surface area contributed by atoms with Crippen LogP contribution in [0.15, 0.2) is 24.3 Å². The molecular weight excluding hydrogens is 360 g/mol. The Bertz CT molecular complexity index is 834. The summed E-state index contributed by atoms with van der Waals surface area (Å²) in [5.74, 6) is -2.40. The first-order valence-corrected chi connectivity index (χ1v) is 9.22. The summed E-state index contributed by atoms with van der Waals surface area (Å²) in [4.78, 5) is 52.3. The average molecular weight is 376 g/mol. The number of benzene rings is 1. The van der Waals surface area contributed by atoms with Crippen LogP contribution >= 0.6 is 0 Å². The van der Waals surface area contributed by atoms with E-state index in [0.717, 1.165) is 4.90 Å². The highest BCUT2D eigenvalue weighted by Crippen LogP contribution is 2.48. The van der Waals surface area contributed by atoms with Gasteiger partial charge in [0.15, 0.2) is 16.8 Å². The van der Waals surface area contributed by atoms with Crippen molar-refractivity contribution in [2.75, 3.05) is 7.11 Å². The maximum atomic E-state index is 13.0. The van der Waals surface area contributed by atoms with Crippen LogP contribution in [0.5, 0.6) is 0 Å². The van der Waals surface area contributed by atoms with Crippen molar-refractivity contribution < 1.29 is 28.5 Å². The molecule has 3 aliphatic rings. The maximum Gasteiger partial charge on any atom is 0.334 e. The molecule has 3 aliphatic heterocycles. The molecule has 0 bridgehead atoms. The third-order valence-corrected chi connectivity index (χ3v) is 7.44. The number of fused-ring (bicyclic) bond motifs is 2. The zero-order chi connectivity index (χ0) is 19.0. The number of hydrogen-bond acceptors (Lipinski definition) is 6. The van der Waals surface area contributed by atoms with Crippen LogP contribution in [0.1, 0.15) is 34.6 Å². The third-order valence-electron chi connectivity index (χ3n) is 5.25. The molecule has 0 saturated carbocycles. The van der Waals surface area contributed by atoms with Crippen LogP contribution < -0.4 is 0 Å². The molecule has 8 nitrogen and oxygen atoms in total. The minimum absolute atomic E-state index is 0.219. The fraction of sp³-hybridized carbons (Fsp3) is 0.412. The molecule has 0 aliphatic carbocycles. The second-order valence-electron chi connectivity index (χ2n) is 6.93. The van der Waals surface area contributed by atoms with Gasteiger partial charge in [-0.05, 0) is 37.2 Å². The summed E-state index contributed by atoms with van der Waals surface area (Å²) in [6.07, 6.45) is 0. The molecule has 4 atom stereocenters. The predicted octanol–water partition coefficient (Wildman–Crippen LogP) is -0.0980. The van der Waals surface area contributed by atoms with Crippen molar-refractivity contribution in [1.82, 2.24) is 9.80 Å². The highest BCUT2D eigenvalue weighted by molar-refractivity contribution is 7.94. The van der Waals surface area contributed by atoms with Crippen LogP contribution in [-0.2, 0) is 25.5 Å². The van der Waals surface area contributed by atoms with Crippen LogP contribution in [0.4, 0.5) is 0 Å². The molecule has 3 heterocycles. The zero-order valence-corrected chi connectivity index (χ0v) is 15.1. The minimum atomic E-state index is -1.66. The summed E-state index contributed by atoms with van der Waals surface area (Å²) >= 11 is -1.66. The minimum Gasteiger partial charge on any atom is -0.614 e. The molecule has 136 valence electrons. The van der Waals surface area contributed by atoms with Crippen LogP contribution in [0, 0.1) is 0 Å². The summed E-state index contributed by atoms with van der Waals surface area (Å²) in [6, 6.07) is 4.11. The Morgan fingerprint density at radius 1 is 1.15 bits per heavy atom. The maximum absolute atomic E-state index is 13.0.